The molecule has 0 radical (unpaired) electrons. The van der Waals surface area contributed by atoms with Crippen LogP contribution in [0.25, 0.3) is 10.2 Å². The summed E-state index contributed by atoms with van der Waals surface area (Å²) in [6.45, 7) is 1.03. The lowest BCUT2D eigenvalue weighted by Crippen LogP contribution is -2.13. The van der Waals surface area contributed by atoms with Crippen LogP contribution < -0.4 is 5.32 Å². The van der Waals surface area contributed by atoms with Crippen molar-refractivity contribution in [2.45, 2.75) is 18.1 Å². The van der Waals surface area contributed by atoms with Crippen LogP contribution in [0.4, 0.5) is 5.13 Å². The Bertz CT molecular complexity index is 520. The normalized spacial score (nSPS) is 19.9. The molecule has 0 spiro atoms. The van der Waals surface area contributed by atoms with E-state index in [9.17, 15) is 0 Å². The first-order valence-electron chi connectivity index (χ1n) is 5.73. The van der Waals surface area contributed by atoms with E-state index in [0.717, 1.165) is 32.2 Å². The molecule has 1 aromatic heterocycles. The molecule has 5 heteroatoms. The quantitative estimate of drug-likeness (QED) is 0.912. The molecule has 17 heavy (non-hydrogen) atoms. The van der Waals surface area contributed by atoms with E-state index < -0.39 is 0 Å². The zero-order chi connectivity index (χ0) is 11.7. The van der Waals surface area contributed by atoms with Gasteiger partial charge in [0.25, 0.3) is 0 Å². The SMILES string of the molecule is Clc1ccc2nc(NCC3CCCS3)sc2c1. The van der Waals surface area contributed by atoms with Crippen LogP contribution >= 0.6 is 34.7 Å². The van der Waals surface area contributed by atoms with Crippen molar-refractivity contribution in [2.24, 2.45) is 0 Å². The van der Waals surface area contributed by atoms with Crippen LogP contribution in [0, 0.1) is 0 Å². The second-order valence-electron chi connectivity index (χ2n) is 4.15. The summed E-state index contributed by atoms with van der Waals surface area (Å²) in [6, 6.07) is 5.84. The molecular weight excluding hydrogens is 272 g/mol. The Morgan fingerprint density at radius 1 is 1.47 bits per heavy atom. The number of hydrogen-bond acceptors (Lipinski definition) is 4. The molecule has 3 rings (SSSR count). The van der Waals surface area contributed by atoms with E-state index in [1.165, 1.54) is 18.6 Å². The third-order valence-corrected chi connectivity index (χ3v) is 5.46. The number of halogens is 1. The topological polar surface area (TPSA) is 24.9 Å². The molecule has 1 aromatic carbocycles. The van der Waals surface area contributed by atoms with Crippen molar-refractivity contribution in [3.8, 4) is 0 Å². The fourth-order valence-electron chi connectivity index (χ4n) is 1.98. The Morgan fingerprint density at radius 3 is 3.24 bits per heavy atom. The van der Waals surface area contributed by atoms with Crippen LogP contribution in [0.2, 0.25) is 5.02 Å². The summed E-state index contributed by atoms with van der Waals surface area (Å²) in [5.74, 6) is 1.31. The second-order valence-corrected chi connectivity index (χ2v) is 7.02. The summed E-state index contributed by atoms with van der Waals surface area (Å²) >= 11 is 9.71. The Labute approximate surface area is 114 Å². The highest BCUT2D eigenvalue weighted by atomic mass is 35.5. The van der Waals surface area contributed by atoms with Crippen LogP contribution in [-0.4, -0.2) is 22.5 Å². The fourth-order valence-corrected chi connectivity index (χ4v) is 4.33. The van der Waals surface area contributed by atoms with E-state index in [2.05, 4.69) is 22.1 Å². The van der Waals surface area contributed by atoms with Crippen molar-refractivity contribution in [3.05, 3.63) is 23.2 Å². The molecule has 1 atom stereocenters. The fraction of sp³-hybridized carbons (Fsp3) is 0.417. The van der Waals surface area contributed by atoms with Gasteiger partial charge in [0.05, 0.1) is 10.2 Å². The number of anilines is 1. The highest BCUT2D eigenvalue weighted by Crippen LogP contribution is 2.30. The van der Waals surface area contributed by atoms with Gasteiger partial charge in [-0.05, 0) is 36.8 Å². The molecule has 2 aromatic rings. The molecule has 0 amide bonds. The van der Waals surface area contributed by atoms with Gasteiger partial charge in [-0.25, -0.2) is 4.98 Å². The van der Waals surface area contributed by atoms with E-state index in [1.807, 2.05) is 18.2 Å². The molecule has 0 aliphatic carbocycles. The smallest absolute Gasteiger partial charge is 0.183 e. The first-order valence-corrected chi connectivity index (χ1v) is 7.97. The van der Waals surface area contributed by atoms with Crippen LogP contribution in [0.5, 0.6) is 0 Å². The molecule has 1 fully saturated rings. The van der Waals surface area contributed by atoms with Gasteiger partial charge in [-0.1, -0.05) is 22.9 Å². The van der Waals surface area contributed by atoms with Crippen molar-refractivity contribution >= 4 is 50.0 Å². The van der Waals surface area contributed by atoms with Crippen LogP contribution in [0.1, 0.15) is 12.8 Å². The van der Waals surface area contributed by atoms with Gasteiger partial charge in [-0.15, -0.1) is 0 Å². The van der Waals surface area contributed by atoms with Crippen molar-refractivity contribution in [1.82, 2.24) is 4.98 Å². The zero-order valence-corrected chi connectivity index (χ0v) is 11.7. The first-order chi connectivity index (χ1) is 8.31. The Morgan fingerprint density at radius 2 is 2.41 bits per heavy atom. The molecule has 0 saturated carbocycles. The number of aromatic nitrogens is 1. The maximum atomic E-state index is 5.96. The van der Waals surface area contributed by atoms with E-state index in [0.29, 0.717) is 0 Å². The minimum atomic E-state index is 0.755. The lowest BCUT2D eigenvalue weighted by molar-refractivity contribution is 0.805. The number of thioether (sulfide) groups is 1. The average molecular weight is 285 g/mol. The molecule has 1 aliphatic heterocycles. The number of fused-ring (bicyclic) bond motifs is 1. The third kappa shape index (κ3) is 2.69. The summed E-state index contributed by atoms with van der Waals surface area (Å²) in [4.78, 5) is 4.55. The van der Waals surface area contributed by atoms with Gasteiger partial charge in [-0.3, -0.25) is 0 Å². The summed E-state index contributed by atoms with van der Waals surface area (Å²) in [6.07, 6.45) is 2.68. The molecule has 1 N–H and O–H groups in total. The molecule has 0 bridgehead atoms. The van der Waals surface area contributed by atoms with E-state index in [4.69, 9.17) is 11.6 Å². The predicted molar refractivity (Wildman–Crippen MR) is 78.6 cm³/mol. The van der Waals surface area contributed by atoms with Gasteiger partial charge in [0.2, 0.25) is 0 Å². The number of hydrogen-bond donors (Lipinski definition) is 1. The number of nitrogens with one attached hydrogen (secondary N) is 1. The standard InChI is InChI=1S/C12H13ClN2S2/c13-8-3-4-10-11(6-8)17-12(15-10)14-7-9-2-1-5-16-9/h3-4,6,9H,1-2,5,7H2,(H,14,15). The van der Waals surface area contributed by atoms with Crippen LogP contribution in [0.3, 0.4) is 0 Å². The predicted octanol–water partition coefficient (Wildman–Crippen LogP) is 4.26. The van der Waals surface area contributed by atoms with Gasteiger partial charge < -0.3 is 5.32 Å². The summed E-state index contributed by atoms with van der Waals surface area (Å²) in [5, 5.41) is 5.98. The summed E-state index contributed by atoms with van der Waals surface area (Å²) < 4.78 is 1.15. The van der Waals surface area contributed by atoms with E-state index in [-0.39, 0.29) is 0 Å². The molecule has 1 saturated heterocycles. The lowest BCUT2D eigenvalue weighted by Gasteiger charge is -2.07. The monoisotopic (exact) mass is 284 g/mol. The van der Waals surface area contributed by atoms with Gasteiger partial charge in [0.1, 0.15) is 0 Å². The largest absolute Gasteiger partial charge is 0.360 e. The minimum Gasteiger partial charge on any atom is -0.360 e. The maximum Gasteiger partial charge on any atom is 0.183 e. The van der Waals surface area contributed by atoms with E-state index >= 15 is 0 Å². The van der Waals surface area contributed by atoms with Crippen molar-refractivity contribution in [2.75, 3.05) is 17.6 Å². The molecule has 2 heterocycles. The first kappa shape index (κ1) is 11.6. The third-order valence-electron chi connectivity index (χ3n) is 2.86. The number of rotatable bonds is 3. The van der Waals surface area contributed by atoms with Crippen molar-refractivity contribution < 1.29 is 0 Å². The maximum absolute atomic E-state index is 5.96. The van der Waals surface area contributed by atoms with Crippen LogP contribution in [-0.2, 0) is 0 Å². The number of thiazole rings is 1. The van der Waals surface area contributed by atoms with Crippen molar-refractivity contribution in [1.29, 1.82) is 0 Å². The Balaban J connectivity index is 1.72. The number of benzene rings is 1. The van der Waals surface area contributed by atoms with Gasteiger partial charge in [-0.2, -0.15) is 11.8 Å². The van der Waals surface area contributed by atoms with Gasteiger partial charge >= 0.3 is 0 Å². The Hall–Kier alpha value is -0.450. The van der Waals surface area contributed by atoms with Crippen LogP contribution in [0.15, 0.2) is 18.2 Å². The van der Waals surface area contributed by atoms with E-state index in [1.54, 1.807) is 11.3 Å². The molecule has 1 unspecified atom stereocenters. The molecule has 1 aliphatic rings. The number of nitrogens with zero attached hydrogens (tertiary/aromatic N) is 1. The average Bonchev–Trinajstić information content (AvgIpc) is 2.94. The molecule has 90 valence electrons. The second kappa shape index (κ2) is 5.04. The summed E-state index contributed by atoms with van der Waals surface area (Å²) in [7, 11) is 0. The van der Waals surface area contributed by atoms with Gasteiger partial charge in [0, 0.05) is 16.8 Å². The highest BCUT2D eigenvalue weighted by Gasteiger charge is 2.15. The molecule has 2 nitrogen and oxygen atoms in total. The van der Waals surface area contributed by atoms with Crippen molar-refractivity contribution in [3.63, 3.8) is 0 Å². The lowest BCUT2D eigenvalue weighted by atomic mass is 10.2. The highest BCUT2D eigenvalue weighted by molar-refractivity contribution is 8.00. The summed E-state index contributed by atoms with van der Waals surface area (Å²) in [5.41, 5.74) is 1.03. The molecular formula is C12H13ClN2S2. The minimum absolute atomic E-state index is 0.755. The van der Waals surface area contributed by atoms with Gasteiger partial charge in [0.15, 0.2) is 5.13 Å². The Kier molecular flexibility index (Phi) is 3.45. The zero-order valence-electron chi connectivity index (χ0n) is 9.28.